The maximum Gasteiger partial charge on any atom is 0.333 e. The lowest BCUT2D eigenvalue weighted by atomic mass is 10.1. The fourth-order valence-electron chi connectivity index (χ4n) is 5.32. The van der Waals surface area contributed by atoms with Crippen molar-refractivity contribution in [3.05, 3.63) is 11.3 Å². The molecule has 207 valence electrons. The molecule has 0 amide bonds. The molecule has 2 N–H and O–H groups in total. The van der Waals surface area contributed by atoms with E-state index in [1.807, 2.05) is 20.1 Å². The highest BCUT2D eigenvalue weighted by Crippen LogP contribution is 2.40. The van der Waals surface area contributed by atoms with Gasteiger partial charge in [0.25, 0.3) is 0 Å². The minimum Gasteiger partial charge on any atom is -0.435 e. The van der Waals surface area contributed by atoms with E-state index in [-0.39, 0.29) is 18.1 Å². The van der Waals surface area contributed by atoms with Crippen LogP contribution in [0.15, 0.2) is 5.16 Å². The number of hydrogen-bond donors (Lipinski definition) is 2. The van der Waals surface area contributed by atoms with Crippen molar-refractivity contribution in [1.82, 2.24) is 9.97 Å². The molecular weight excluding hydrogens is 507 g/mol. The third-order valence-corrected chi connectivity index (χ3v) is 16.3. The van der Waals surface area contributed by atoms with Crippen molar-refractivity contribution in [2.45, 2.75) is 121 Å². The van der Waals surface area contributed by atoms with Gasteiger partial charge in [-0.25, -0.2) is 9.97 Å². The van der Waals surface area contributed by atoms with Gasteiger partial charge in [0.15, 0.2) is 5.16 Å². The van der Waals surface area contributed by atoms with Crippen LogP contribution in [-0.4, -0.2) is 70.9 Å². The fourth-order valence-corrected chi connectivity index (χ4v) is 15.0. The molecule has 0 spiro atoms. The van der Waals surface area contributed by atoms with E-state index >= 15 is 0 Å². The van der Waals surface area contributed by atoms with Gasteiger partial charge in [-0.1, -0.05) is 67.2 Å². The lowest BCUT2D eigenvalue weighted by Crippen LogP contribution is -2.54. The molecule has 1 aromatic rings. The summed E-state index contributed by atoms with van der Waals surface area (Å²) >= 11 is 1.53. The number of anilines is 1. The first kappa shape index (κ1) is 31.7. The van der Waals surface area contributed by atoms with Crippen LogP contribution in [-0.2, 0) is 13.3 Å². The van der Waals surface area contributed by atoms with Gasteiger partial charge in [0.1, 0.15) is 11.9 Å². The van der Waals surface area contributed by atoms with Gasteiger partial charge >= 0.3 is 8.56 Å². The van der Waals surface area contributed by atoms with Gasteiger partial charge in [-0.05, 0) is 48.7 Å². The number of nitrogens with one attached hydrogen (secondary N) is 1. The van der Waals surface area contributed by atoms with Crippen LogP contribution >= 0.6 is 11.8 Å². The number of rotatable bonds is 13. The van der Waals surface area contributed by atoms with Crippen LogP contribution in [0.4, 0.5) is 5.82 Å². The van der Waals surface area contributed by atoms with E-state index in [1.165, 1.54) is 11.8 Å². The molecule has 0 bridgehead atoms. The van der Waals surface area contributed by atoms with Crippen LogP contribution in [0.1, 0.15) is 73.1 Å². The Hall–Kier alpha value is -0.496. The van der Waals surface area contributed by atoms with Gasteiger partial charge < -0.3 is 23.7 Å². The Balaban J connectivity index is 2.25. The topological polar surface area (TPSA) is 85.7 Å². The zero-order valence-electron chi connectivity index (χ0n) is 24.5. The normalized spacial score (nSPS) is 23.2. The Kier molecular flexibility index (Phi) is 11.9. The van der Waals surface area contributed by atoms with Gasteiger partial charge in [0.2, 0.25) is 9.04 Å². The smallest absolute Gasteiger partial charge is 0.333 e. The van der Waals surface area contributed by atoms with Crippen molar-refractivity contribution >= 4 is 35.2 Å². The second-order valence-electron chi connectivity index (χ2n) is 11.4. The first-order chi connectivity index (χ1) is 16.8. The van der Waals surface area contributed by atoms with Gasteiger partial charge in [-0.2, -0.15) is 0 Å². The van der Waals surface area contributed by atoms with Gasteiger partial charge in [-0.15, -0.1) is 0 Å². The van der Waals surface area contributed by atoms with Crippen LogP contribution < -0.4 is 5.32 Å². The van der Waals surface area contributed by atoms with E-state index in [0.717, 1.165) is 28.7 Å². The first-order valence-corrected chi connectivity index (χ1v) is 18.1. The molecule has 1 aliphatic carbocycles. The van der Waals surface area contributed by atoms with E-state index < -0.39 is 23.7 Å². The summed E-state index contributed by atoms with van der Waals surface area (Å²) in [7, 11) is -1.92. The molecule has 1 aromatic heterocycles. The Labute approximate surface area is 226 Å². The molecule has 0 saturated heterocycles. The van der Waals surface area contributed by atoms with Crippen molar-refractivity contribution in [1.29, 1.82) is 0 Å². The minimum atomic E-state index is -2.54. The predicted octanol–water partition coefficient (Wildman–Crippen LogP) is 6.10. The van der Waals surface area contributed by atoms with Crippen molar-refractivity contribution in [3.63, 3.8) is 0 Å². The lowest BCUT2D eigenvalue weighted by molar-refractivity contribution is -0.0205. The number of aryl methyl sites for hydroxylation is 1. The fraction of sp³-hybridized carbons (Fsp3) is 0.846. The molecule has 0 aromatic carbocycles. The quantitative estimate of drug-likeness (QED) is 0.171. The zero-order chi connectivity index (χ0) is 27.4. The summed E-state index contributed by atoms with van der Waals surface area (Å²) in [6.45, 7) is 22.6. The van der Waals surface area contributed by atoms with Crippen LogP contribution in [0.25, 0.3) is 0 Å². The minimum absolute atomic E-state index is 0.0440. The zero-order valence-corrected chi connectivity index (χ0v) is 27.3. The molecule has 4 atom stereocenters. The average Bonchev–Trinajstić information content (AvgIpc) is 3.09. The van der Waals surface area contributed by atoms with Gasteiger partial charge in [-0.3, -0.25) is 0 Å². The number of hydrogen-bond acceptors (Lipinski definition) is 8. The summed E-state index contributed by atoms with van der Waals surface area (Å²) in [4.78, 5) is 9.23. The van der Waals surface area contributed by atoms with Crippen LogP contribution in [0.2, 0.25) is 22.2 Å². The van der Waals surface area contributed by atoms with Crippen molar-refractivity contribution in [2.24, 2.45) is 5.92 Å². The number of methoxy groups -OCH3 is 1. The molecule has 1 fully saturated rings. The molecule has 2 rings (SSSR count). The van der Waals surface area contributed by atoms with Crippen LogP contribution in [0.5, 0.6) is 0 Å². The monoisotopic (exact) mass is 556 g/mol. The molecule has 7 nitrogen and oxygen atoms in total. The third kappa shape index (κ3) is 7.12. The summed E-state index contributed by atoms with van der Waals surface area (Å²) in [5, 5.41) is 15.6. The summed E-state index contributed by atoms with van der Waals surface area (Å²) in [5.41, 5.74) is 3.64. The van der Waals surface area contributed by atoms with E-state index in [9.17, 15) is 5.11 Å². The van der Waals surface area contributed by atoms with E-state index in [1.54, 1.807) is 7.11 Å². The summed E-state index contributed by atoms with van der Waals surface area (Å²) in [5.74, 6) is 0.766. The van der Waals surface area contributed by atoms with Crippen LogP contribution in [0.3, 0.4) is 0 Å². The Morgan fingerprint density at radius 2 is 1.64 bits per heavy atom. The lowest BCUT2D eigenvalue weighted by Gasteiger charge is -2.42. The Morgan fingerprint density at radius 3 is 2.11 bits per heavy atom. The second kappa shape index (κ2) is 13.5. The summed E-state index contributed by atoms with van der Waals surface area (Å²) < 4.78 is 19.7. The maximum atomic E-state index is 11.3. The van der Waals surface area contributed by atoms with Crippen molar-refractivity contribution in [3.8, 4) is 0 Å². The average molecular weight is 557 g/mol. The third-order valence-electron chi connectivity index (χ3n) is 7.47. The van der Waals surface area contributed by atoms with Crippen molar-refractivity contribution < 1.29 is 18.4 Å². The molecule has 1 radical (unpaired) electrons. The number of aliphatic hydroxyl groups excluding tert-OH is 1. The Morgan fingerprint density at radius 1 is 1.06 bits per heavy atom. The standard InChI is InChI=1S/C26H50N3O4SSi2/c1-15(2)35(16(3)4)33-36(17(5)6,18(7)8)32-14-21-13-22(24(31-11)23(21)30)28-25-19(9)20(10)27-26(29-25)34-12/h15-18,21-24,30H,13-14H2,1-12H3,(H,27,28,29). The molecular formula is C26H50N3O4SSi2. The molecule has 1 heterocycles. The summed E-state index contributed by atoms with van der Waals surface area (Å²) in [6.07, 6.45) is 1.75. The highest BCUT2D eigenvalue weighted by Gasteiger charge is 2.50. The molecule has 0 aliphatic heterocycles. The number of nitrogens with zero attached hydrogens (tertiary/aromatic N) is 2. The van der Waals surface area contributed by atoms with Crippen LogP contribution in [0, 0.1) is 19.8 Å². The number of aliphatic hydroxyl groups is 1. The van der Waals surface area contributed by atoms with Crippen molar-refractivity contribution in [2.75, 3.05) is 25.3 Å². The molecule has 10 heteroatoms. The summed E-state index contributed by atoms with van der Waals surface area (Å²) in [6, 6.07) is -0.0673. The van der Waals surface area contributed by atoms with Gasteiger partial charge in [0, 0.05) is 30.9 Å². The second-order valence-corrected chi connectivity index (χ2v) is 20.1. The number of aromatic nitrogens is 2. The number of ether oxygens (including phenoxy) is 1. The first-order valence-electron chi connectivity index (χ1n) is 13.3. The largest absolute Gasteiger partial charge is 0.435 e. The SMILES string of the molecule is COC1C(Nc2nc(SC)nc(C)c2C)CC(CO[Si](O[Si](C(C)C)C(C)C)(C(C)C)C(C)C)C1O. The molecule has 4 unspecified atom stereocenters. The van der Waals surface area contributed by atoms with E-state index in [0.29, 0.717) is 28.8 Å². The van der Waals surface area contributed by atoms with E-state index in [2.05, 4.69) is 65.7 Å². The predicted molar refractivity (Wildman–Crippen MR) is 155 cm³/mol. The number of thioether (sulfide) groups is 1. The maximum absolute atomic E-state index is 11.3. The van der Waals surface area contributed by atoms with E-state index in [4.69, 9.17) is 18.3 Å². The van der Waals surface area contributed by atoms with Gasteiger partial charge in [0.05, 0.1) is 12.1 Å². The highest BCUT2D eigenvalue weighted by molar-refractivity contribution is 7.98. The molecule has 1 aliphatic rings. The molecule has 1 saturated carbocycles. The highest BCUT2D eigenvalue weighted by atomic mass is 32.2. The Bertz CT molecular complexity index is 828. The molecule has 36 heavy (non-hydrogen) atoms.